The Hall–Kier alpha value is -2.24. The molecule has 1 aromatic heterocycles. The number of para-hydroxylation sites is 1. The molecule has 0 saturated heterocycles. The van der Waals surface area contributed by atoms with Crippen LogP contribution in [0.3, 0.4) is 0 Å². The normalized spacial score (nSPS) is 12.1. The lowest BCUT2D eigenvalue weighted by atomic mass is 10.1. The van der Waals surface area contributed by atoms with Crippen LogP contribution < -0.4 is 5.32 Å². The first-order valence-corrected chi connectivity index (χ1v) is 8.42. The number of anilines is 2. The highest BCUT2D eigenvalue weighted by atomic mass is 32.1. The largest absolute Gasteiger partial charge is 0.386 e. The predicted octanol–water partition coefficient (Wildman–Crippen LogP) is 4.26. The number of nitrogens with one attached hydrogen (secondary N) is 1. The Morgan fingerprint density at radius 1 is 1.04 bits per heavy atom. The maximum Gasteiger partial charge on any atom is 0.210 e. The van der Waals surface area contributed by atoms with Crippen LogP contribution in [-0.2, 0) is 6.42 Å². The van der Waals surface area contributed by atoms with Crippen molar-refractivity contribution in [1.29, 1.82) is 0 Å². The Morgan fingerprint density at radius 2 is 1.78 bits per heavy atom. The molecule has 0 aliphatic heterocycles. The molecule has 3 rings (SSSR count). The lowest BCUT2D eigenvalue weighted by molar-refractivity contribution is 0.166. The molecule has 0 amide bonds. The molecule has 0 aliphatic rings. The Morgan fingerprint density at radius 3 is 2.57 bits per heavy atom. The summed E-state index contributed by atoms with van der Waals surface area (Å²) < 4.78 is 0. The van der Waals surface area contributed by atoms with Gasteiger partial charge in [0.25, 0.3) is 0 Å². The van der Waals surface area contributed by atoms with Crippen molar-refractivity contribution >= 4 is 22.2 Å². The summed E-state index contributed by atoms with van der Waals surface area (Å²) in [5.74, 6) is 0. The maximum absolute atomic E-state index is 10.3. The lowest BCUT2D eigenvalue weighted by Crippen LogP contribution is -1.99. The average Bonchev–Trinajstić information content (AvgIpc) is 3.04. The summed E-state index contributed by atoms with van der Waals surface area (Å²) in [5, 5.41) is 23.1. The van der Waals surface area contributed by atoms with Crippen molar-refractivity contribution in [3.8, 4) is 0 Å². The number of rotatable bonds is 6. The summed E-state index contributed by atoms with van der Waals surface area (Å²) in [5.41, 5.74) is 3.37. The molecule has 1 heterocycles. The second kappa shape index (κ2) is 7.35. The first kappa shape index (κ1) is 15.6. The number of aryl methyl sites for hydroxylation is 2. The third kappa shape index (κ3) is 4.15. The molecule has 0 spiro atoms. The van der Waals surface area contributed by atoms with E-state index in [1.54, 1.807) is 0 Å². The van der Waals surface area contributed by atoms with Gasteiger partial charge in [0.1, 0.15) is 11.1 Å². The van der Waals surface area contributed by atoms with Crippen LogP contribution in [0.25, 0.3) is 0 Å². The number of hydrogen-bond donors (Lipinski definition) is 2. The Labute approximate surface area is 139 Å². The zero-order valence-corrected chi connectivity index (χ0v) is 13.8. The van der Waals surface area contributed by atoms with Gasteiger partial charge < -0.3 is 10.4 Å². The van der Waals surface area contributed by atoms with Crippen LogP contribution in [0, 0.1) is 6.92 Å². The van der Waals surface area contributed by atoms with Gasteiger partial charge in [0.05, 0.1) is 0 Å². The zero-order chi connectivity index (χ0) is 16.1. The van der Waals surface area contributed by atoms with E-state index in [2.05, 4.69) is 27.6 Å². The summed E-state index contributed by atoms with van der Waals surface area (Å²) in [6.45, 7) is 2.04. The van der Waals surface area contributed by atoms with Gasteiger partial charge in [-0.1, -0.05) is 59.9 Å². The molecule has 5 heteroatoms. The Bertz CT molecular complexity index is 758. The van der Waals surface area contributed by atoms with Crippen LogP contribution in [0.1, 0.15) is 28.7 Å². The third-order valence-electron chi connectivity index (χ3n) is 3.66. The summed E-state index contributed by atoms with van der Waals surface area (Å²) in [6.07, 6.45) is 0.880. The molecule has 2 N–H and O–H groups in total. The molecule has 1 unspecified atom stereocenters. The molecule has 23 heavy (non-hydrogen) atoms. The number of aromatic nitrogens is 2. The fourth-order valence-corrected chi connectivity index (χ4v) is 3.10. The van der Waals surface area contributed by atoms with Crippen molar-refractivity contribution in [2.45, 2.75) is 25.9 Å². The van der Waals surface area contributed by atoms with Gasteiger partial charge in [-0.15, -0.1) is 10.2 Å². The second-order valence-electron chi connectivity index (χ2n) is 5.43. The van der Waals surface area contributed by atoms with Crippen molar-refractivity contribution in [2.24, 2.45) is 0 Å². The van der Waals surface area contributed by atoms with Crippen molar-refractivity contribution in [2.75, 3.05) is 5.32 Å². The van der Waals surface area contributed by atoms with Crippen LogP contribution in [0.5, 0.6) is 0 Å². The van der Waals surface area contributed by atoms with E-state index in [1.807, 2.05) is 49.4 Å². The number of aliphatic hydroxyl groups is 1. The minimum absolute atomic E-state index is 0.583. The summed E-state index contributed by atoms with van der Waals surface area (Å²) in [4.78, 5) is 0. The number of hydrogen-bond acceptors (Lipinski definition) is 5. The van der Waals surface area contributed by atoms with Crippen LogP contribution >= 0.6 is 11.3 Å². The van der Waals surface area contributed by atoms with Gasteiger partial charge in [0.2, 0.25) is 5.13 Å². The summed E-state index contributed by atoms with van der Waals surface area (Å²) in [7, 11) is 0. The highest BCUT2D eigenvalue weighted by Crippen LogP contribution is 2.28. The molecule has 1 atom stereocenters. The monoisotopic (exact) mass is 325 g/mol. The SMILES string of the molecule is Cc1ccccc1Nc1nnc(C(O)CCc2ccccc2)s1. The minimum Gasteiger partial charge on any atom is -0.386 e. The maximum atomic E-state index is 10.3. The molecule has 118 valence electrons. The van der Waals surface area contributed by atoms with Crippen LogP contribution in [-0.4, -0.2) is 15.3 Å². The Kier molecular flexibility index (Phi) is 5.00. The quantitative estimate of drug-likeness (QED) is 0.711. The van der Waals surface area contributed by atoms with E-state index in [1.165, 1.54) is 16.9 Å². The molecular formula is C18H19N3OS. The lowest BCUT2D eigenvalue weighted by Gasteiger charge is -2.07. The fraction of sp³-hybridized carbons (Fsp3) is 0.222. The first-order valence-electron chi connectivity index (χ1n) is 7.60. The van der Waals surface area contributed by atoms with Gasteiger partial charge in [-0.25, -0.2) is 0 Å². The smallest absolute Gasteiger partial charge is 0.210 e. The molecule has 0 bridgehead atoms. The van der Waals surface area contributed by atoms with Crippen molar-refractivity contribution in [1.82, 2.24) is 10.2 Å². The average molecular weight is 325 g/mol. The van der Waals surface area contributed by atoms with Gasteiger partial charge in [0, 0.05) is 5.69 Å². The van der Waals surface area contributed by atoms with Gasteiger partial charge in [-0.2, -0.15) is 0 Å². The number of nitrogens with zero attached hydrogens (tertiary/aromatic N) is 2. The van der Waals surface area contributed by atoms with E-state index in [9.17, 15) is 5.11 Å². The number of benzene rings is 2. The van der Waals surface area contributed by atoms with Crippen molar-refractivity contribution in [3.05, 3.63) is 70.7 Å². The predicted molar refractivity (Wildman–Crippen MR) is 94.1 cm³/mol. The Balaban J connectivity index is 1.61. The van der Waals surface area contributed by atoms with E-state index in [0.717, 1.165) is 17.7 Å². The molecular weight excluding hydrogens is 306 g/mol. The van der Waals surface area contributed by atoms with Gasteiger partial charge >= 0.3 is 0 Å². The molecule has 0 saturated carbocycles. The molecule has 0 fully saturated rings. The molecule has 0 radical (unpaired) electrons. The molecule has 0 aliphatic carbocycles. The van der Waals surface area contributed by atoms with Crippen LogP contribution in [0.2, 0.25) is 0 Å². The van der Waals surface area contributed by atoms with Crippen molar-refractivity contribution in [3.63, 3.8) is 0 Å². The molecule has 4 nitrogen and oxygen atoms in total. The summed E-state index contributed by atoms with van der Waals surface area (Å²) in [6, 6.07) is 18.2. The molecule has 2 aromatic carbocycles. The van der Waals surface area contributed by atoms with E-state index < -0.39 is 6.10 Å². The second-order valence-corrected chi connectivity index (χ2v) is 6.43. The van der Waals surface area contributed by atoms with Gasteiger partial charge in [-0.3, -0.25) is 0 Å². The van der Waals surface area contributed by atoms with E-state index >= 15 is 0 Å². The highest BCUT2D eigenvalue weighted by molar-refractivity contribution is 7.15. The molecule has 3 aromatic rings. The summed E-state index contributed by atoms with van der Waals surface area (Å²) >= 11 is 1.40. The minimum atomic E-state index is -0.583. The van der Waals surface area contributed by atoms with E-state index in [4.69, 9.17) is 0 Å². The number of aliphatic hydroxyl groups excluding tert-OH is 1. The van der Waals surface area contributed by atoms with Gasteiger partial charge in [-0.05, 0) is 37.0 Å². The van der Waals surface area contributed by atoms with Crippen molar-refractivity contribution < 1.29 is 5.11 Å². The van der Waals surface area contributed by atoms with E-state index in [-0.39, 0.29) is 0 Å². The standard InChI is InChI=1S/C18H19N3OS/c1-13-7-5-6-10-15(13)19-18-21-20-17(23-18)16(22)12-11-14-8-3-2-4-9-14/h2-10,16,22H,11-12H2,1H3,(H,19,21). The zero-order valence-electron chi connectivity index (χ0n) is 12.9. The third-order valence-corrected chi connectivity index (χ3v) is 4.60. The van der Waals surface area contributed by atoms with Crippen LogP contribution in [0.15, 0.2) is 54.6 Å². The topological polar surface area (TPSA) is 58.0 Å². The first-order chi connectivity index (χ1) is 11.2. The highest BCUT2D eigenvalue weighted by Gasteiger charge is 2.14. The van der Waals surface area contributed by atoms with Gasteiger partial charge in [0.15, 0.2) is 0 Å². The van der Waals surface area contributed by atoms with Crippen LogP contribution in [0.4, 0.5) is 10.8 Å². The fourth-order valence-electron chi connectivity index (χ4n) is 2.32. The van der Waals surface area contributed by atoms with E-state index in [0.29, 0.717) is 16.6 Å².